The maximum atomic E-state index is 12.5. The minimum atomic E-state index is -3.77. The lowest BCUT2D eigenvalue weighted by Crippen LogP contribution is -2.36. The van der Waals surface area contributed by atoms with E-state index in [1.165, 1.54) is 24.3 Å². The smallest absolute Gasteiger partial charge is 0.255 e. The number of pyridine rings is 1. The highest BCUT2D eigenvalue weighted by atomic mass is 32.2. The summed E-state index contributed by atoms with van der Waals surface area (Å²) >= 11 is 0. The molecular formula is C19H20N4O4S. The highest BCUT2D eigenvalue weighted by molar-refractivity contribution is 7.89. The van der Waals surface area contributed by atoms with Gasteiger partial charge >= 0.3 is 0 Å². The molecule has 0 bridgehead atoms. The number of anilines is 2. The number of aromatic nitrogens is 1. The third-order valence-electron chi connectivity index (χ3n) is 4.11. The zero-order valence-electron chi connectivity index (χ0n) is 15.1. The van der Waals surface area contributed by atoms with Gasteiger partial charge in [-0.05, 0) is 30.3 Å². The molecule has 1 aliphatic heterocycles. The van der Waals surface area contributed by atoms with E-state index in [4.69, 9.17) is 11.2 Å². The molecule has 0 aliphatic carbocycles. The Kier molecular flexibility index (Phi) is 6.26. The molecule has 2 N–H and O–H groups in total. The lowest BCUT2D eigenvalue weighted by atomic mass is 10.2. The molecule has 0 spiro atoms. The second-order valence-corrected chi connectivity index (χ2v) is 7.78. The van der Waals surface area contributed by atoms with E-state index in [9.17, 15) is 13.2 Å². The van der Waals surface area contributed by atoms with Crippen LogP contribution in [0, 0.1) is 12.3 Å². The average molecular weight is 400 g/mol. The normalized spacial score (nSPS) is 14.3. The van der Waals surface area contributed by atoms with Crippen LogP contribution in [0.15, 0.2) is 47.5 Å². The zero-order valence-corrected chi connectivity index (χ0v) is 15.9. The van der Waals surface area contributed by atoms with Crippen molar-refractivity contribution in [3.63, 3.8) is 0 Å². The Labute approximate surface area is 164 Å². The molecule has 146 valence electrons. The summed E-state index contributed by atoms with van der Waals surface area (Å²) in [6.45, 7) is 2.74. The highest BCUT2D eigenvalue weighted by Gasteiger charge is 2.16. The van der Waals surface area contributed by atoms with Crippen molar-refractivity contribution in [3.05, 3.63) is 48.2 Å². The van der Waals surface area contributed by atoms with Gasteiger partial charge in [0.2, 0.25) is 10.0 Å². The standard InChI is InChI=1S/C19H20N4O4S/c1-2-8-21-28(25,26)17-5-3-4-15(13-17)19(24)22-16-6-7-18(20-14-16)23-9-11-27-12-10-23/h1,3-7,13-14,21H,8-12H2,(H,22,24). The quantitative estimate of drug-likeness (QED) is 0.704. The van der Waals surface area contributed by atoms with Gasteiger partial charge in [-0.25, -0.2) is 13.4 Å². The van der Waals surface area contributed by atoms with Gasteiger partial charge in [-0.15, -0.1) is 6.42 Å². The van der Waals surface area contributed by atoms with Crippen molar-refractivity contribution in [1.29, 1.82) is 0 Å². The minimum Gasteiger partial charge on any atom is -0.378 e. The molecule has 0 radical (unpaired) electrons. The van der Waals surface area contributed by atoms with Crippen molar-refractivity contribution in [2.24, 2.45) is 0 Å². The minimum absolute atomic E-state index is 0.0313. The molecule has 28 heavy (non-hydrogen) atoms. The predicted molar refractivity (Wildman–Crippen MR) is 106 cm³/mol. The summed E-state index contributed by atoms with van der Waals surface area (Å²) in [4.78, 5) is 18.9. The Morgan fingerprint density at radius 2 is 2.04 bits per heavy atom. The summed E-state index contributed by atoms with van der Waals surface area (Å²) in [6.07, 6.45) is 6.65. The number of morpholine rings is 1. The maximum Gasteiger partial charge on any atom is 0.255 e. The summed E-state index contributed by atoms with van der Waals surface area (Å²) in [5.74, 6) is 2.58. The van der Waals surface area contributed by atoms with Gasteiger partial charge in [0.1, 0.15) is 5.82 Å². The van der Waals surface area contributed by atoms with Gasteiger partial charge in [0.15, 0.2) is 0 Å². The van der Waals surface area contributed by atoms with Gasteiger partial charge in [0.25, 0.3) is 5.91 Å². The molecule has 1 fully saturated rings. The van der Waals surface area contributed by atoms with Gasteiger partial charge in [-0.1, -0.05) is 12.0 Å². The van der Waals surface area contributed by atoms with E-state index in [0.717, 1.165) is 18.9 Å². The van der Waals surface area contributed by atoms with Crippen LogP contribution in [-0.2, 0) is 14.8 Å². The lowest BCUT2D eigenvalue weighted by Gasteiger charge is -2.27. The predicted octanol–water partition coefficient (Wildman–Crippen LogP) is 1.08. The van der Waals surface area contributed by atoms with E-state index in [2.05, 4.69) is 25.8 Å². The topological polar surface area (TPSA) is 101 Å². The van der Waals surface area contributed by atoms with E-state index in [1.54, 1.807) is 12.3 Å². The Hall–Kier alpha value is -2.93. The molecular weight excluding hydrogens is 380 g/mol. The average Bonchev–Trinajstić information content (AvgIpc) is 2.73. The number of rotatable bonds is 6. The van der Waals surface area contributed by atoms with E-state index in [-0.39, 0.29) is 17.0 Å². The molecule has 1 saturated heterocycles. The summed E-state index contributed by atoms with van der Waals surface area (Å²) in [7, 11) is -3.77. The molecule has 0 unspecified atom stereocenters. The number of carbonyl (C=O) groups excluding carboxylic acids is 1. The summed E-state index contributed by atoms with van der Waals surface area (Å²) < 4.78 is 31.9. The maximum absolute atomic E-state index is 12.5. The van der Waals surface area contributed by atoms with E-state index in [1.807, 2.05) is 6.07 Å². The number of hydrogen-bond donors (Lipinski definition) is 2. The van der Waals surface area contributed by atoms with E-state index in [0.29, 0.717) is 18.9 Å². The first-order valence-corrected chi connectivity index (χ1v) is 10.1. The number of terminal acetylenes is 1. The number of nitrogens with zero attached hydrogens (tertiary/aromatic N) is 2. The number of benzene rings is 1. The molecule has 1 aliphatic rings. The van der Waals surface area contributed by atoms with Crippen molar-refractivity contribution >= 4 is 27.4 Å². The molecule has 1 aromatic heterocycles. The van der Waals surface area contributed by atoms with Gasteiger partial charge in [0.05, 0.1) is 36.5 Å². The number of ether oxygens (including phenoxy) is 1. The van der Waals surface area contributed by atoms with Gasteiger partial charge in [-0.2, -0.15) is 4.72 Å². The number of carbonyl (C=O) groups is 1. The molecule has 8 nitrogen and oxygen atoms in total. The van der Waals surface area contributed by atoms with E-state index >= 15 is 0 Å². The number of amides is 1. The Morgan fingerprint density at radius 1 is 1.25 bits per heavy atom. The van der Waals surface area contributed by atoms with Crippen LogP contribution in [0.4, 0.5) is 11.5 Å². The van der Waals surface area contributed by atoms with Crippen molar-refractivity contribution in [3.8, 4) is 12.3 Å². The summed E-state index contributed by atoms with van der Waals surface area (Å²) in [6, 6.07) is 9.30. The first-order chi connectivity index (χ1) is 13.5. The molecule has 1 aromatic carbocycles. The monoisotopic (exact) mass is 400 g/mol. The molecule has 0 saturated carbocycles. The Bertz CT molecular complexity index is 978. The molecule has 2 aromatic rings. The van der Waals surface area contributed by atoms with Crippen molar-refractivity contribution in [2.45, 2.75) is 4.90 Å². The van der Waals surface area contributed by atoms with Gasteiger partial charge < -0.3 is 15.0 Å². The SMILES string of the molecule is C#CCNS(=O)(=O)c1cccc(C(=O)Nc2ccc(N3CCOCC3)nc2)c1. The summed E-state index contributed by atoms with van der Waals surface area (Å²) in [5.41, 5.74) is 0.724. The zero-order chi connectivity index (χ0) is 20.0. The van der Waals surface area contributed by atoms with Crippen LogP contribution in [0.2, 0.25) is 0 Å². The third-order valence-corrected chi connectivity index (χ3v) is 5.51. The highest BCUT2D eigenvalue weighted by Crippen LogP contribution is 2.17. The second kappa shape index (κ2) is 8.84. The van der Waals surface area contributed by atoms with Crippen molar-refractivity contribution in [2.75, 3.05) is 43.1 Å². The van der Waals surface area contributed by atoms with Crippen LogP contribution >= 0.6 is 0 Å². The van der Waals surface area contributed by atoms with Crippen LogP contribution in [0.5, 0.6) is 0 Å². The largest absolute Gasteiger partial charge is 0.378 e. The van der Waals surface area contributed by atoms with Crippen LogP contribution in [0.1, 0.15) is 10.4 Å². The fraction of sp³-hybridized carbons (Fsp3) is 0.263. The van der Waals surface area contributed by atoms with Crippen LogP contribution in [0.25, 0.3) is 0 Å². The van der Waals surface area contributed by atoms with Gasteiger partial charge in [-0.3, -0.25) is 4.79 Å². The third kappa shape index (κ3) is 4.86. The summed E-state index contributed by atoms with van der Waals surface area (Å²) in [5, 5.41) is 2.72. The molecule has 3 rings (SSSR count). The van der Waals surface area contributed by atoms with Crippen LogP contribution < -0.4 is 14.9 Å². The van der Waals surface area contributed by atoms with E-state index < -0.39 is 15.9 Å². The van der Waals surface area contributed by atoms with Crippen LogP contribution in [0.3, 0.4) is 0 Å². The fourth-order valence-corrected chi connectivity index (χ4v) is 3.65. The van der Waals surface area contributed by atoms with Gasteiger partial charge in [0, 0.05) is 18.7 Å². The molecule has 9 heteroatoms. The fourth-order valence-electron chi connectivity index (χ4n) is 2.67. The molecule has 1 amide bonds. The molecule has 0 atom stereocenters. The van der Waals surface area contributed by atoms with Crippen molar-refractivity contribution < 1.29 is 17.9 Å². The number of nitrogens with one attached hydrogen (secondary N) is 2. The Morgan fingerprint density at radius 3 is 2.71 bits per heavy atom. The first-order valence-electron chi connectivity index (χ1n) is 8.63. The number of sulfonamides is 1. The Balaban J connectivity index is 1.69. The lowest BCUT2D eigenvalue weighted by molar-refractivity contribution is 0.102. The molecule has 2 heterocycles. The van der Waals surface area contributed by atoms with Crippen LogP contribution in [-0.4, -0.2) is 52.2 Å². The first kappa shape index (κ1) is 19.8. The van der Waals surface area contributed by atoms with Crippen molar-refractivity contribution in [1.82, 2.24) is 9.71 Å². The number of hydrogen-bond acceptors (Lipinski definition) is 6. The second-order valence-electron chi connectivity index (χ2n) is 6.02.